The van der Waals surface area contributed by atoms with E-state index in [2.05, 4.69) is 15.1 Å². The Kier molecular flexibility index (Phi) is 5.86. The molecule has 2 N–H and O–H groups in total. The van der Waals surface area contributed by atoms with Crippen molar-refractivity contribution < 1.29 is 13.5 Å². The van der Waals surface area contributed by atoms with Crippen LogP contribution in [0.1, 0.15) is 31.2 Å². The monoisotopic (exact) mass is 482 g/mol. The van der Waals surface area contributed by atoms with Gasteiger partial charge in [0, 0.05) is 0 Å². The number of rotatable bonds is 4. The molecule has 0 aliphatic heterocycles. The minimum Gasteiger partial charge on any atom is -0.504 e. The summed E-state index contributed by atoms with van der Waals surface area (Å²) in [6.07, 6.45) is 0.957. The van der Waals surface area contributed by atoms with Crippen molar-refractivity contribution >= 4 is 33.0 Å². The van der Waals surface area contributed by atoms with Crippen LogP contribution in [0.25, 0.3) is 5.69 Å². The van der Waals surface area contributed by atoms with Crippen molar-refractivity contribution in [2.75, 3.05) is 0 Å². The molecule has 0 saturated heterocycles. The standard InChI is InChI=1S/C17H12Cl2N6O5S/c1-7(2)13-12(26)6-21-16(22-13)31(29,30)14-9(18)3-8(4-10(14)19)25-17(28)23-15(27)11(5-20)24-25/h3-4,6-7,26H,1-2H3,(H,23,27,28). The molecule has 2 heterocycles. The molecular formula is C17H12Cl2N6O5S. The Bertz CT molecular complexity index is 1450. The molecule has 0 saturated carbocycles. The second kappa shape index (κ2) is 8.10. The van der Waals surface area contributed by atoms with Crippen LogP contribution in [0.5, 0.6) is 5.75 Å². The van der Waals surface area contributed by atoms with Crippen molar-refractivity contribution in [1.82, 2.24) is 24.7 Å². The Labute approximate surface area is 184 Å². The fourth-order valence-electron chi connectivity index (χ4n) is 2.59. The summed E-state index contributed by atoms with van der Waals surface area (Å²) in [5.41, 5.74) is -2.55. The number of nitrogens with zero attached hydrogens (tertiary/aromatic N) is 5. The number of hydrogen-bond acceptors (Lipinski definition) is 9. The number of H-pyrrole nitrogens is 1. The van der Waals surface area contributed by atoms with Crippen molar-refractivity contribution in [3.05, 3.63) is 60.6 Å². The van der Waals surface area contributed by atoms with Gasteiger partial charge in [0.25, 0.3) is 10.7 Å². The van der Waals surface area contributed by atoms with Gasteiger partial charge in [0.2, 0.25) is 15.5 Å². The molecule has 0 bridgehead atoms. The lowest BCUT2D eigenvalue weighted by atomic mass is 10.1. The average Bonchev–Trinajstić information content (AvgIpc) is 2.67. The van der Waals surface area contributed by atoms with Crippen molar-refractivity contribution in [2.24, 2.45) is 0 Å². The van der Waals surface area contributed by atoms with E-state index in [0.29, 0.717) is 4.68 Å². The van der Waals surface area contributed by atoms with Gasteiger partial charge in [-0.15, -0.1) is 5.10 Å². The normalized spacial score (nSPS) is 11.5. The number of sulfone groups is 1. The average molecular weight is 483 g/mol. The molecule has 0 amide bonds. The molecule has 14 heteroatoms. The molecule has 11 nitrogen and oxygen atoms in total. The first-order valence-electron chi connectivity index (χ1n) is 8.41. The molecule has 2 aromatic heterocycles. The minimum absolute atomic E-state index is 0.0961. The van der Waals surface area contributed by atoms with Gasteiger partial charge in [0.1, 0.15) is 11.0 Å². The second-order valence-corrected chi connectivity index (χ2v) is 9.05. The number of nitriles is 1. The summed E-state index contributed by atoms with van der Waals surface area (Å²) in [5.74, 6) is -0.559. The summed E-state index contributed by atoms with van der Waals surface area (Å²) >= 11 is 12.3. The third-order valence-corrected chi connectivity index (χ3v) is 6.47. The molecular weight excluding hydrogens is 471 g/mol. The zero-order valence-electron chi connectivity index (χ0n) is 15.8. The highest BCUT2D eigenvalue weighted by molar-refractivity contribution is 7.91. The molecule has 3 rings (SSSR count). The van der Waals surface area contributed by atoms with E-state index in [0.717, 1.165) is 18.3 Å². The molecule has 0 unspecified atom stereocenters. The van der Waals surface area contributed by atoms with Crippen LogP contribution < -0.4 is 11.2 Å². The Morgan fingerprint density at radius 1 is 1.23 bits per heavy atom. The maximum Gasteiger partial charge on any atom is 0.349 e. The highest BCUT2D eigenvalue weighted by atomic mass is 35.5. The number of aromatic nitrogens is 5. The van der Waals surface area contributed by atoms with Crippen LogP contribution in [0.3, 0.4) is 0 Å². The van der Waals surface area contributed by atoms with Gasteiger partial charge in [-0.25, -0.2) is 23.2 Å². The summed E-state index contributed by atoms with van der Waals surface area (Å²) in [6, 6.07) is 3.66. The van der Waals surface area contributed by atoms with Gasteiger partial charge < -0.3 is 5.11 Å². The zero-order chi connectivity index (χ0) is 23.1. The second-order valence-electron chi connectivity index (χ2n) is 6.45. The van der Waals surface area contributed by atoms with Gasteiger partial charge in [-0.05, 0) is 18.1 Å². The topological polar surface area (TPSA) is 172 Å². The first-order chi connectivity index (χ1) is 14.5. The minimum atomic E-state index is -4.42. The molecule has 160 valence electrons. The Balaban J connectivity index is 2.20. The van der Waals surface area contributed by atoms with E-state index in [1.165, 1.54) is 6.07 Å². The van der Waals surface area contributed by atoms with Crippen molar-refractivity contribution in [2.45, 2.75) is 29.8 Å². The molecule has 31 heavy (non-hydrogen) atoms. The van der Waals surface area contributed by atoms with E-state index in [4.69, 9.17) is 28.5 Å². The van der Waals surface area contributed by atoms with Gasteiger partial charge >= 0.3 is 5.69 Å². The molecule has 0 aliphatic rings. The first-order valence-corrected chi connectivity index (χ1v) is 10.7. The fraction of sp³-hybridized carbons (Fsp3) is 0.176. The SMILES string of the molecule is CC(C)c1nc(S(=O)(=O)c2c(Cl)cc(-n3nc(C#N)c(=O)[nH]c3=O)cc2Cl)ncc1O. The fourth-order valence-corrected chi connectivity index (χ4v) is 4.90. The number of nitrogens with one attached hydrogen (secondary N) is 1. The van der Waals surface area contributed by atoms with E-state index < -0.39 is 36.8 Å². The van der Waals surface area contributed by atoms with Gasteiger partial charge in [-0.3, -0.25) is 9.78 Å². The third-order valence-electron chi connectivity index (χ3n) is 3.99. The van der Waals surface area contributed by atoms with Crippen LogP contribution in [-0.2, 0) is 9.84 Å². The van der Waals surface area contributed by atoms with E-state index in [-0.39, 0.29) is 33.1 Å². The van der Waals surface area contributed by atoms with Crippen LogP contribution in [0.4, 0.5) is 0 Å². The van der Waals surface area contributed by atoms with Crippen LogP contribution in [0.2, 0.25) is 10.0 Å². The highest BCUT2D eigenvalue weighted by Crippen LogP contribution is 2.35. The molecule has 1 aromatic carbocycles. The van der Waals surface area contributed by atoms with Crippen molar-refractivity contribution in [1.29, 1.82) is 5.26 Å². The Hall–Kier alpha value is -3.27. The molecule has 0 radical (unpaired) electrons. The number of aromatic hydroxyl groups is 1. The first kappa shape index (κ1) is 22.4. The summed E-state index contributed by atoms with van der Waals surface area (Å²) in [7, 11) is -4.42. The number of halogens is 2. The lowest BCUT2D eigenvalue weighted by Gasteiger charge is -2.12. The number of benzene rings is 1. The van der Waals surface area contributed by atoms with Crippen LogP contribution in [0, 0.1) is 11.3 Å². The van der Waals surface area contributed by atoms with Gasteiger partial charge in [0.05, 0.1) is 27.6 Å². The maximum absolute atomic E-state index is 13.1. The lowest BCUT2D eigenvalue weighted by molar-refractivity contribution is 0.452. The summed E-state index contributed by atoms with van der Waals surface area (Å²) in [5, 5.41) is 21.0. The van der Waals surface area contributed by atoms with E-state index in [1.54, 1.807) is 13.8 Å². The number of hydrogen-bond donors (Lipinski definition) is 2. The predicted octanol–water partition coefficient (Wildman–Crippen LogP) is 1.55. The van der Waals surface area contributed by atoms with Crippen LogP contribution >= 0.6 is 23.2 Å². The summed E-state index contributed by atoms with van der Waals surface area (Å²) < 4.78 is 26.8. The zero-order valence-corrected chi connectivity index (χ0v) is 18.1. The molecule has 3 aromatic rings. The van der Waals surface area contributed by atoms with E-state index in [1.807, 2.05) is 4.98 Å². The predicted molar refractivity (Wildman–Crippen MR) is 108 cm³/mol. The molecule has 0 fully saturated rings. The molecule has 0 aliphatic carbocycles. The largest absolute Gasteiger partial charge is 0.504 e. The van der Waals surface area contributed by atoms with E-state index in [9.17, 15) is 23.1 Å². The van der Waals surface area contributed by atoms with Crippen molar-refractivity contribution in [3.63, 3.8) is 0 Å². The number of aromatic amines is 1. The smallest absolute Gasteiger partial charge is 0.349 e. The van der Waals surface area contributed by atoms with Gasteiger partial charge in [0.15, 0.2) is 5.75 Å². The Morgan fingerprint density at radius 3 is 2.39 bits per heavy atom. The molecule has 0 atom stereocenters. The van der Waals surface area contributed by atoms with Gasteiger partial charge in [-0.2, -0.15) is 9.94 Å². The van der Waals surface area contributed by atoms with E-state index >= 15 is 0 Å². The summed E-state index contributed by atoms with van der Waals surface area (Å²) in [4.78, 5) is 32.5. The van der Waals surface area contributed by atoms with Crippen LogP contribution in [0.15, 0.2) is 38.0 Å². The Morgan fingerprint density at radius 2 is 1.84 bits per heavy atom. The quantitative estimate of drug-likeness (QED) is 0.522. The summed E-state index contributed by atoms with van der Waals surface area (Å²) in [6.45, 7) is 3.41. The van der Waals surface area contributed by atoms with Gasteiger partial charge in [-0.1, -0.05) is 37.0 Å². The maximum atomic E-state index is 13.1. The van der Waals surface area contributed by atoms with Crippen molar-refractivity contribution in [3.8, 4) is 17.5 Å². The third kappa shape index (κ3) is 4.02. The molecule has 0 spiro atoms. The van der Waals surface area contributed by atoms with Crippen LogP contribution in [-0.4, -0.2) is 38.3 Å². The highest BCUT2D eigenvalue weighted by Gasteiger charge is 2.29. The lowest BCUT2D eigenvalue weighted by Crippen LogP contribution is -2.33.